The van der Waals surface area contributed by atoms with Crippen molar-refractivity contribution < 1.29 is 14.6 Å². The van der Waals surface area contributed by atoms with Crippen LogP contribution in [0.4, 0.5) is 0 Å². The zero-order chi connectivity index (χ0) is 17.6. The molecule has 1 aliphatic heterocycles. The average Bonchev–Trinajstić information content (AvgIpc) is 2.54. The number of hydrogen-bond acceptors (Lipinski definition) is 4. The van der Waals surface area contributed by atoms with E-state index in [4.69, 9.17) is 4.74 Å². The van der Waals surface area contributed by atoms with Gasteiger partial charge in [0.2, 0.25) is 5.91 Å². The van der Waals surface area contributed by atoms with E-state index in [1.165, 1.54) is 5.56 Å². The molecule has 1 saturated heterocycles. The standard InChI is InChI=1S/C19H30N2O3/c1-15(2)19(3,23)14-20-18(22)11-17-13-21(9-10-24-17)12-16-7-5-4-6-8-16/h4-8,15,17,23H,9-14H2,1-3H3,(H,20,22). The van der Waals surface area contributed by atoms with Crippen LogP contribution in [-0.2, 0) is 16.1 Å². The number of carbonyl (C=O) groups excluding carboxylic acids is 1. The van der Waals surface area contributed by atoms with Gasteiger partial charge in [0.05, 0.1) is 24.7 Å². The highest BCUT2D eigenvalue weighted by Gasteiger charge is 2.27. The monoisotopic (exact) mass is 334 g/mol. The number of rotatable bonds is 7. The molecular weight excluding hydrogens is 304 g/mol. The second-order valence-electron chi connectivity index (χ2n) is 7.21. The highest BCUT2D eigenvalue weighted by Crippen LogP contribution is 2.15. The molecule has 0 spiro atoms. The molecule has 2 rings (SSSR count). The molecule has 1 aromatic carbocycles. The number of carbonyl (C=O) groups is 1. The quantitative estimate of drug-likeness (QED) is 0.798. The Morgan fingerprint density at radius 3 is 2.79 bits per heavy atom. The van der Waals surface area contributed by atoms with Crippen LogP contribution in [0.2, 0.25) is 0 Å². The van der Waals surface area contributed by atoms with Gasteiger partial charge < -0.3 is 15.2 Å². The lowest BCUT2D eigenvalue weighted by Gasteiger charge is -2.33. The van der Waals surface area contributed by atoms with Crippen molar-refractivity contribution in [1.29, 1.82) is 0 Å². The predicted molar refractivity (Wildman–Crippen MR) is 94.5 cm³/mol. The van der Waals surface area contributed by atoms with Gasteiger partial charge in [0.25, 0.3) is 0 Å². The number of morpholine rings is 1. The van der Waals surface area contributed by atoms with Gasteiger partial charge in [-0.1, -0.05) is 44.2 Å². The summed E-state index contributed by atoms with van der Waals surface area (Å²) in [6.07, 6.45) is 0.242. The summed E-state index contributed by atoms with van der Waals surface area (Å²) in [7, 11) is 0. The minimum absolute atomic E-state index is 0.0671. The van der Waals surface area contributed by atoms with Gasteiger partial charge in [-0.25, -0.2) is 0 Å². The summed E-state index contributed by atoms with van der Waals surface area (Å²) in [5, 5.41) is 13.0. The summed E-state index contributed by atoms with van der Waals surface area (Å²) in [4.78, 5) is 14.4. The Morgan fingerprint density at radius 1 is 1.42 bits per heavy atom. The zero-order valence-electron chi connectivity index (χ0n) is 15.0. The van der Waals surface area contributed by atoms with E-state index in [2.05, 4.69) is 22.3 Å². The fourth-order valence-electron chi connectivity index (χ4n) is 2.65. The Morgan fingerprint density at radius 2 is 2.12 bits per heavy atom. The lowest BCUT2D eigenvalue weighted by molar-refractivity contribution is -0.127. The molecule has 24 heavy (non-hydrogen) atoms. The Hall–Kier alpha value is -1.43. The van der Waals surface area contributed by atoms with Crippen LogP contribution in [-0.4, -0.2) is 53.9 Å². The SMILES string of the molecule is CC(C)C(C)(O)CNC(=O)CC1CN(Cc2ccccc2)CCO1. The van der Waals surface area contributed by atoms with Gasteiger partial charge in [-0.2, -0.15) is 0 Å². The van der Waals surface area contributed by atoms with Crippen LogP contribution in [0.5, 0.6) is 0 Å². The van der Waals surface area contributed by atoms with Crippen LogP contribution in [0, 0.1) is 5.92 Å². The molecular formula is C19H30N2O3. The van der Waals surface area contributed by atoms with Crippen LogP contribution < -0.4 is 5.32 Å². The van der Waals surface area contributed by atoms with Crippen molar-refractivity contribution in [2.45, 2.75) is 45.4 Å². The molecule has 2 N–H and O–H groups in total. The molecule has 2 unspecified atom stereocenters. The lowest BCUT2D eigenvalue weighted by Crippen LogP contribution is -2.47. The smallest absolute Gasteiger partial charge is 0.222 e. The number of ether oxygens (including phenoxy) is 1. The second kappa shape index (κ2) is 8.60. The molecule has 1 amide bonds. The summed E-state index contributed by atoms with van der Waals surface area (Å²) in [5.74, 6) is 0.0209. The number of hydrogen-bond donors (Lipinski definition) is 2. The maximum absolute atomic E-state index is 12.1. The minimum Gasteiger partial charge on any atom is -0.388 e. The van der Waals surface area contributed by atoms with E-state index in [1.807, 2.05) is 32.0 Å². The average molecular weight is 334 g/mol. The van der Waals surface area contributed by atoms with Crippen LogP contribution in [0.1, 0.15) is 32.8 Å². The third-order valence-electron chi connectivity index (χ3n) is 4.77. The van der Waals surface area contributed by atoms with Crippen molar-refractivity contribution in [3.63, 3.8) is 0 Å². The lowest BCUT2D eigenvalue weighted by atomic mass is 9.92. The van der Waals surface area contributed by atoms with E-state index in [1.54, 1.807) is 6.92 Å². The van der Waals surface area contributed by atoms with Crippen LogP contribution in [0.15, 0.2) is 30.3 Å². The van der Waals surface area contributed by atoms with Crippen molar-refractivity contribution in [2.75, 3.05) is 26.2 Å². The van der Waals surface area contributed by atoms with Crippen molar-refractivity contribution >= 4 is 5.91 Å². The first-order chi connectivity index (χ1) is 11.4. The first-order valence-electron chi connectivity index (χ1n) is 8.74. The minimum atomic E-state index is -0.886. The number of nitrogens with zero attached hydrogens (tertiary/aromatic N) is 1. The Labute approximate surface area is 145 Å². The molecule has 0 radical (unpaired) electrons. The van der Waals surface area contributed by atoms with Crippen LogP contribution >= 0.6 is 0 Å². The Kier molecular flexibility index (Phi) is 6.78. The molecule has 1 aliphatic rings. The highest BCUT2D eigenvalue weighted by atomic mass is 16.5. The topological polar surface area (TPSA) is 61.8 Å². The van der Waals surface area contributed by atoms with E-state index in [9.17, 15) is 9.90 Å². The van der Waals surface area contributed by atoms with Crippen molar-refractivity contribution in [3.05, 3.63) is 35.9 Å². The number of benzene rings is 1. The van der Waals surface area contributed by atoms with E-state index < -0.39 is 5.60 Å². The zero-order valence-corrected chi connectivity index (χ0v) is 15.0. The fraction of sp³-hybridized carbons (Fsp3) is 0.632. The molecule has 1 aromatic rings. The van der Waals surface area contributed by atoms with E-state index in [0.717, 1.165) is 19.6 Å². The largest absolute Gasteiger partial charge is 0.388 e. The second-order valence-corrected chi connectivity index (χ2v) is 7.21. The maximum Gasteiger partial charge on any atom is 0.222 e. The number of nitrogens with one attached hydrogen (secondary N) is 1. The van der Waals surface area contributed by atoms with Crippen molar-refractivity contribution in [2.24, 2.45) is 5.92 Å². The Balaban J connectivity index is 1.77. The van der Waals surface area contributed by atoms with Gasteiger partial charge >= 0.3 is 0 Å². The van der Waals surface area contributed by atoms with Gasteiger partial charge in [0, 0.05) is 26.2 Å². The van der Waals surface area contributed by atoms with Gasteiger partial charge in [-0.05, 0) is 18.4 Å². The molecule has 1 fully saturated rings. The van der Waals surface area contributed by atoms with E-state index in [-0.39, 0.29) is 24.5 Å². The predicted octanol–water partition coefficient (Wildman–Crippen LogP) is 1.80. The first-order valence-corrected chi connectivity index (χ1v) is 8.74. The summed E-state index contributed by atoms with van der Waals surface area (Å²) in [6, 6.07) is 10.3. The van der Waals surface area contributed by atoms with E-state index in [0.29, 0.717) is 13.0 Å². The molecule has 0 bridgehead atoms. The fourth-order valence-corrected chi connectivity index (χ4v) is 2.65. The molecule has 134 valence electrons. The molecule has 5 nitrogen and oxygen atoms in total. The van der Waals surface area contributed by atoms with Crippen LogP contribution in [0.25, 0.3) is 0 Å². The molecule has 0 aliphatic carbocycles. The number of aliphatic hydroxyl groups is 1. The number of amides is 1. The van der Waals surface area contributed by atoms with Gasteiger partial charge in [0.1, 0.15) is 0 Å². The third-order valence-corrected chi connectivity index (χ3v) is 4.77. The molecule has 5 heteroatoms. The third kappa shape index (κ3) is 5.89. The van der Waals surface area contributed by atoms with Crippen molar-refractivity contribution in [1.82, 2.24) is 10.2 Å². The Bertz CT molecular complexity index is 517. The summed E-state index contributed by atoms with van der Waals surface area (Å²) in [6.45, 7) is 9.06. The summed E-state index contributed by atoms with van der Waals surface area (Å²) >= 11 is 0. The highest BCUT2D eigenvalue weighted by molar-refractivity contribution is 5.76. The van der Waals surface area contributed by atoms with Gasteiger partial charge in [-0.3, -0.25) is 9.69 Å². The summed E-state index contributed by atoms with van der Waals surface area (Å²) in [5.41, 5.74) is 0.387. The van der Waals surface area contributed by atoms with E-state index >= 15 is 0 Å². The normalized spacial score (nSPS) is 21.5. The molecule has 2 atom stereocenters. The first kappa shape index (κ1) is 18.9. The molecule has 0 saturated carbocycles. The maximum atomic E-state index is 12.1. The van der Waals surface area contributed by atoms with Gasteiger partial charge in [-0.15, -0.1) is 0 Å². The molecule has 1 heterocycles. The van der Waals surface area contributed by atoms with Gasteiger partial charge in [0.15, 0.2) is 0 Å². The molecule has 0 aromatic heterocycles. The summed E-state index contributed by atoms with van der Waals surface area (Å²) < 4.78 is 5.73. The van der Waals surface area contributed by atoms with Crippen molar-refractivity contribution in [3.8, 4) is 0 Å². The van der Waals surface area contributed by atoms with Crippen LogP contribution in [0.3, 0.4) is 0 Å².